The zero-order valence-corrected chi connectivity index (χ0v) is 20.0. The smallest absolute Gasteiger partial charge is 0.211 e. The number of sulfonamides is 2. The van der Waals surface area contributed by atoms with E-state index < -0.39 is 20.0 Å². The molecule has 0 aliphatic rings. The predicted octanol–water partition coefficient (Wildman–Crippen LogP) is 4.31. The van der Waals surface area contributed by atoms with Gasteiger partial charge in [-0.05, 0) is 55.4 Å². The van der Waals surface area contributed by atoms with E-state index in [2.05, 4.69) is 23.3 Å². The van der Waals surface area contributed by atoms with Crippen LogP contribution in [0.2, 0.25) is 0 Å². The first-order valence-electron chi connectivity index (χ1n) is 10.8. The summed E-state index contributed by atoms with van der Waals surface area (Å²) in [6.45, 7) is 4.84. The van der Waals surface area contributed by atoms with Crippen molar-refractivity contribution in [3.8, 4) is 0 Å². The molecule has 31 heavy (non-hydrogen) atoms. The van der Waals surface area contributed by atoms with Crippen LogP contribution in [0.4, 0.5) is 0 Å². The highest BCUT2D eigenvalue weighted by atomic mass is 32.2. The average Bonchev–Trinajstić information content (AvgIpc) is 2.79. The Balaban J connectivity index is 2.00. The van der Waals surface area contributed by atoms with Crippen molar-refractivity contribution in [2.24, 2.45) is 5.41 Å². The number of benzene rings is 2. The molecule has 0 aromatic heterocycles. The van der Waals surface area contributed by atoms with E-state index in [0.29, 0.717) is 19.5 Å². The molecule has 0 radical (unpaired) electrons. The van der Waals surface area contributed by atoms with E-state index in [4.69, 9.17) is 0 Å². The van der Waals surface area contributed by atoms with Gasteiger partial charge in [0.15, 0.2) is 0 Å². The van der Waals surface area contributed by atoms with Crippen LogP contribution in [0.15, 0.2) is 70.5 Å². The summed E-state index contributed by atoms with van der Waals surface area (Å²) in [4.78, 5) is 0.504. The lowest BCUT2D eigenvalue weighted by Crippen LogP contribution is -2.38. The highest BCUT2D eigenvalue weighted by Gasteiger charge is 2.29. The number of hydrogen-bond acceptors (Lipinski definition) is 4. The molecule has 0 spiro atoms. The highest BCUT2D eigenvalue weighted by molar-refractivity contribution is 7.89. The number of hydrogen-bond donors (Lipinski definition) is 2. The Morgan fingerprint density at radius 1 is 0.710 bits per heavy atom. The fourth-order valence-electron chi connectivity index (χ4n) is 3.62. The monoisotopic (exact) mass is 466 g/mol. The molecule has 6 nitrogen and oxygen atoms in total. The first-order chi connectivity index (χ1) is 14.7. The van der Waals surface area contributed by atoms with Crippen molar-refractivity contribution < 1.29 is 16.8 Å². The van der Waals surface area contributed by atoms with Crippen molar-refractivity contribution in [3.05, 3.63) is 60.7 Å². The van der Waals surface area contributed by atoms with Gasteiger partial charge in [-0.2, -0.15) is 0 Å². The van der Waals surface area contributed by atoms with E-state index in [1.807, 2.05) is 0 Å². The van der Waals surface area contributed by atoms with Gasteiger partial charge in [-0.25, -0.2) is 26.3 Å². The van der Waals surface area contributed by atoms with E-state index in [1.165, 1.54) is 0 Å². The van der Waals surface area contributed by atoms with Gasteiger partial charge in [-0.15, -0.1) is 0 Å². The maximum atomic E-state index is 12.7. The summed E-state index contributed by atoms with van der Waals surface area (Å²) in [5, 5.41) is 0. The van der Waals surface area contributed by atoms with Gasteiger partial charge in [0.25, 0.3) is 0 Å². The topological polar surface area (TPSA) is 92.3 Å². The van der Waals surface area contributed by atoms with Gasteiger partial charge in [-0.1, -0.05) is 63.1 Å². The van der Waals surface area contributed by atoms with Crippen LogP contribution in [0.3, 0.4) is 0 Å². The van der Waals surface area contributed by atoms with Crippen LogP contribution in [0.5, 0.6) is 0 Å². The normalized spacial score (nSPS) is 14.3. The molecule has 0 amide bonds. The molecule has 0 aliphatic carbocycles. The van der Waals surface area contributed by atoms with E-state index in [1.54, 1.807) is 60.7 Å². The minimum atomic E-state index is -3.58. The number of rotatable bonds is 14. The molecule has 2 rings (SSSR count). The third-order valence-electron chi connectivity index (χ3n) is 5.73. The predicted molar refractivity (Wildman–Crippen MR) is 125 cm³/mol. The van der Waals surface area contributed by atoms with Crippen LogP contribution in [0, 0.1) is 5.41 Å². The average molecular weight is 467 g/mol. The standard InChI is InChI=1S/C23H34N2O4S2/c1-3-5-17-23(4-2,20-25-31(28,29)22-15-10-7-11-16-22)18-12-19-24-30(26,27)21-13-8-6-9-14-21/h6-11,13-16,24-25H,3-5,12,17-20H2,1-2H3. The van der Waals surface area contributed by atoms with Crippen molar-refractivity contribution in [3.63, 3.8) is 0 Å². The van der Waals surface area contributed by atoms with Gasteiger partial charge in [0, 0.05) is 13.1 Å². The fraction of sp³-hybridized carbons (Fsp3) is 0.478. The molecule has 0 saturated heterocycles. The zero-order chi connectivity index (χ0) is 22.8. The van der Waals surface area contributed by atoms with Crippen LogP contribution in [0.1, 0.15) is 52.4 Å². The van der Waals surface area contributed by atoms with Gasteiger partial charge in [0.2, 0.25) is 20.0 Å². The third kappa shape index (κ3) is 7.71. The Bertz CT molecular complexity index is 994. The van der Waals surface area contributed by atoms with E-state index in [-0.39, 0.29) is 15.2 Å². The maximum Gasteiger partial charge on any atom is 0.240 e. The molecule has 0 fully saturated rings. The van der Waals surface area contributed by atoms with Gasteiger partial charge in [0.05, 0.1) is 9.79 Å². The minimum absolute atomic E-state index is 0.212. The molecule has 2 N–H and O–H groups in total. The molecular weight excluding hydrogens is 432 g/mol. The summed E-state index contributed by atoms with van der Waals surface area (Å²) >= 11 is 0. The van der Waals surface area contributed by atoms with Gasteiger partial charge in [-0.3, -0.25) is 0 Å². The first-order valence-corrected chi connectivity index (χ1v) is 13.8. The Morgan fingerprint density at radius 3 is 1.68 bits per heavy atom. The van der Waals surface area contributed by atoms with E-state index >= 15 is 0 Å². The molecule has 2 aromatic rings. The van der Waals surface area contributed by atoms with E-state index in [0.717, 1.165) is 32.1 Å². The minimum Gasteiger partial charge on any atom is -0.211 e. The third-order valence-corrected chi connectivity index (χ3v) is 8.62. The lowest BCUT2D eigenvalue weighted by atomic mass is 9.76. The van der Waals surface area contributed by atoms with Crippen LogP contribution in [-0.2, 0) is 20.0 Å². The Morgan fingerprint density at radius 2 is 1.19 bits per heavy atom. The van der Waals surface area contributed by atoms with E-state index in [9.17, 15) is 16.8 Å². The Hall–Kier alpha value is -1.74. The second-order valence-electron chi connectivity index (χ2n) is 7.91. The fourth-order valence-corrected chi connectivity index (χ4v) is 5.89. The summed E-state index contributed by atoms with van der Waals surface area (Å²) in [6.07, 6.45) is 5.10. The van der Waals surface area contributed by atoms with Gasteiger partial charge >= 0.3 is 0 Å². The van der Waals surface area contributed by atoms with Crippen molar-refractivity contribution in [2.45, 2.75) is 62.2 Å². The summed E-state index contributed by atoms with van der Waals surface area (Å²) in [5.74, 6) is 0. The molecule has 8 heteroatoms. The SMILES string of the molecule is CCCCC(CC)(CCCNS(=O)(=O)c1ccccc1)CNS(=O)(=O)c1ccccc1. The lowest BCUT2D eigenvalue weighted by molar-refractivity contribution is 0.219. The quantitative estimate of drug-likeness (QED) is 0.406. The Labute approximate surface area is 187 Å². The first kappa shape index (κ1) is 25.5. The number of unbranched alkanes of at least 4 members (excludes halogenated alkanes) is 1. The van der Waals surface area contributed by atoms with Crippen LogP contribution < -0.4 is 9.44 Å². The van der Waals surface area contributed by atoms with Crippen LogP contribution in [0.25, 0.3) is 0 Å². The molecular formula is C23H34N2O4S2. The molecule has 0 bridgehead atoms. The van der Waals surface area contributed by atoms with Crippen LogP contribution in [-0.4, -0.2) is 29.9 Å². The molecule has 1 unspecified atom stereocenters. The van der Waals surface area contributed by atoms with Gasteiger partial charge in [0.1, 0.15) is 0 Å². The molecule has 172 valence electrons. The molecule has 2 aromatic carbocycles. The molecule has 0 saturated carbocycles. The highest BCUT2D eigenvalue weighted by Crippen LogP contribution is 2.34. The van der Waals surface area contributed by atoms with Crippen molar-refractivity contribution in [1.29, 1.82) is 0 Å². The summed E-state index contributed by atoms with van der Waals surface area (Å²) in [6, 6.07) is 16.7. The van der Waals surface area contributed by atoms with Crippen molar-refractivity contribution in [1.82, 2.24) is 9.44 Å². The summed E-state index contributed by atoms with van der Waals surface area (Å²) in [5.41, 5.74) is -0.212. The summed E-state index contributed by atoms with van der Waals surface area (Å²) in [7, 11) is -7.11. The van der Waals surface area contributed by atoms with Crippen molar-refractivity contribution in [2.75, 3.05) is 13.1 Å². The lowest BCUT2D eigenvalue weighted by Gasteiger charge is -2.33. The second kappa shape index (κ2) is 11.8. The molecule has 0 aliphatic heterocycles. The van der Waals surface area contributed by atoms with Gasteiger partial charge < -0.3 is 0 Å². The zero-order valence-electron chi connectivity index (χ0n) is 18.4. The molecule has 0 heterocycles. The largest absolute Gasteiger partial charge is 0.240 e. The Kier molecular flexibility index (Phi) is 9.68. The second-order valence-corrected chi connectivity index (χ2v) is 11.4. The van der Waals surface area contributed by atoms with Crippen LogP contribution >= 0.6 is 0 Å². The molecule has 1 atom stereocenters. The summed E-state index contributed by atoms with van der Waals surface area (Å²) < 4.78 is 55.6. The number of nitrogens with one attached hydrogen (secondary N) is 2. The van der Waals surface area contributed by atoms with Crippen molar-refractivity contribution >= 4 is 20.0 Å². The maximum absolute atomic E-state index is 12.7.